The summed E-state index contributed by atoms with van der Waals surface area (Å²) in [5.74, 6) is -0.215. The zero-order chi connectivity index (χ0) is 20.8. The maximum atomic E-state index is 11.8. The summed E-state index contributed by atoms with van der Waals surface area (Å²) >= 11 is 0. The Labute approximate surface area is 170 Å². The number of nitrogens with zero attached hydrogens (tertiary/aromatic N) is 1. The first-order chi connectivity index (χ1) is 13.4. The summed E-state index contributed by atoms with van der Waals surface area (Å²) in [6.07, 6.45) is 8.70. The van der Waals surface area contributed by atoms with Gasteiger partial charge < -0.3 is 18.9 Å². The number of nitrogens with one attached hydrogen (secondary N) is 1. The highest BCUT2D eigenvalue weighted by molar-refractivity contribution is 5.79. The van der Waals surface area contributed by atoms with Crippen LogP contribution in [0.4, 0.5) is 0 Å². The molecule has 0 aromatic rings. The normalized spacial score (nSPS) is 25.2. The minimum Gasteiger partial charge on any atom is -0.468 e. The van der Waals surface area contributed by atoms with E-state index >= 15 is 0 Å². The highest BCUT2D eigenvalue weighted by Gasteiger charge is 2.32. The molecule has 2 aliphatic rings. The number of esters is 1. The van der Waals surface area contributed by atoms with Gasteiger partial charge in [0.15, 0.2) is 6.29 Å². The van der Waals surface area contributed by atoms with Gasteiger partial charge in [-0.1, -0.05) is 0 Å². The number of nitriles is 1. The molecule has 2 fully saturated rings. The van der Waals surface area contributed by atoms with E-state index in [0.29, 0.717) is 18.8 Å². The molecule has 2 rings (SSSR count). The standard InChI is InChI=1S/C19H35NO5.C2H3N/c1-19(2,18(21)22-3)20-15-8-10-16(11-9-15)23-13-6-14-25-17-7-4-5-12-24-17;1-2-3/h15-17,20H,4-14H2,1-3H3;1H3. The van der Waals surface area contributed by atoms with Gasteiger partial charge in [0.2, 0.25) is 0 Å². The predicted octanol–water partition coefficient (Wildman–Crippen LogP) is 3.32. The third-order valence-electron chi connectivity index (χ3n) is 5.02. The van der Waals surface area contributed by atoms with E-state index in [1.165, 1.54) is 20.5 Å². The monoisotopic (exact) mass is 398 g/mol. The third kappa shape index (κ3) is 9.83. The molecule has 1 saturated carbocycles. The number of hydrogen-bond donors (Lipinski definition) is 1. The summed E-state index contributed by atoms with van der Waals surface area (Å²) in [6, 6.07) is 2.10. The van der Waals surface area contributed by atoms with Crippen molar-refractivity contribution >= 4 is 5.97 Å². The number of hydrogen-bond acceptors (Lipinski definition) is 7. The Morgan fingerprint density at radius 1 is 1.14 bits per heavy atom. The summed E-state index contributed by atoms with van der Waals surface area (Å²) in [7, 11) is 1.43. The van der Waals surface area contributed by atoms with E-state index in [2.05, 4.69) is 5.32 Å². The molecule has 7 heteroatoms. The van der Waals surface area contributed by atoms with Crippen LogP contribution in [0.15, 0.2) is 0 Å². The van der Waals surface area contributed by atoms with Crippen LogP contribution in [-0.2, 0) is 23.7 Å². The third-order valence-corrected chi connectivity index (χ3v) is 5.02. The summed E-state index contributed by atoms with van der Waals surface area (Å²) in [6.45, 7) is 7.44. The van der Waals surface area contributed by atoms with E-state index in [1.807, 2.05) is 13.8 Å². The van der Waals surface area contributed by atoms with Crippen molar-refractivity contribution < 1.29 is 23.7 Å². The second-order valence-electron chi connectivity index (χ2n) is 7.85. The Balaban J connectivity index is 0.00000122. The molecule has 0 bridgehead atoms. The van der Waals surface area contributed by atoms with E-state index in [0.717, 1.165) is 58.2 Å². The highest BCUT2D eigenvalue weighted by Crippen LogP contribution is 2.23. The molecule has 1 aliphatic carbocycles. The summed E-state index contributed by atoms with van der Waals surface area (Å²) in [5, 5.41) is 10.7. The SMILES string of the molecule is CC#N.COC(=O)C(C)(C)NC1CCC(OCCCOC2CCCCO2)CC1. The fraction of sp³-hybridized carbons (Fsp3) is 0.905. The second kappa shape index (κ2) is 13.9. The number of carbonyl (C=O) groups excluding carboxylic acids is 1. The summed E-state index contributed by atoms with van der Waals surface area (Å²) in [5.41, 5.74) is -0.633. The van der Waals surface area contributed by atoms with Crippen LogP contribution in [0.1, 0.15) is 72.1 Å². The Bertz CT molecular complexity index is 464. The Hall–Kier alpha value is -1.20. The lowest BCUT2D eigenvalue weighted by molar-refractivity contribution is -0.164. The van der Waals surface area contributed by atoms with Gasteiger partial charge in [0.25, 0.3) is 0 Å². The van der Waals surface area contributed by atoms with Crippen LogP contribution < -0.4 is 5.32 Å². The van der Waals surface area contributed by atoms with Gasteiger partial charge in [0.1, 0.15) is 5.54 Å². The van der Waals surface area contributed by atoms with Gasteiger partial charge in [-0.2, -0.15) is 5.26 Å². The summed E-state index contributed by atoms with van der Waals surface area (Å²) < 4.78 is 22.1. The second-order valence-corrected chi connectivity index (χ2v) is 7.85. The van der Waals surface area contributed by atoms with Crippen molar-refractivity contribution in [2.75, 3.05) is 26.9 Å². The minimum atomic E-state index is -0.633. The van der Waals surface area contributed by atoms with Gasteiger partial charge in [-0.15, -0.1) is 0 Å². The molecule has 1 aliphatic heterocycles. The van der Waals surface area contributed by atoms with Crippen LogP contribution in [0.2, 0.25) is 0 Å². The molecule has 7 nitrogen and oxygen atoms in total. The van der Waals surface area contributed by atoms with Crippen LogP contribution in [-0.4, -0.2) is 56.9 Å². The first-order valence-electron chi connectivity index (χ1n) is 10.4. The van der Waals surface area contributed by atoms with E-state index in [1.54, 1.807) is 6.07 Å². The van der Waals surface area contributed by atoms with Gasteiger partial charge in [-0.25, -0.2) is 0 Å². The lowest BCUT2D eigenvalue weighted by Gasteiger charge is -2.34. The predicted molar refractivity (Wildman–Crippen MR) is 107 cm³/mol. The first kappa shape index (κ1) is 24.8. The molecule has 1 atom stereocenters. The quantitative estimate of drug-likeness (QED) is 0.471. The lowest BCUT2D eigenvalue weighted by Crippen LogP contribution is -2.53. The Morgan fingerprint density at radius 3 is 2.36 bits per heavy atom. The lowest BCUT2D eigenvalue weighted by atomic mass is 9.90. The molecular weight excluding hydrogens is 360 g/mol. The number of rotatable bonds is 9. The molecule has 162 valence electrons. The van der Waals surface area contributed by atoms with Crippen molar-refractivity contribution in [1.29, 1.82) is 5.26 Å². The molecule has 0 aromatic carbocycles. The van der Waals surface area contributed by atoms with Gasteiger partial charge >= 0.3 is 5.97 Å². The zero-order valence-electron chi connectivity index (χ0n) is 18.0. The molecule has 1 N–H and O–H groups in total. The molecule has 0 aromatic heterocycles. The topological polar surface area (TPSA) is 89.8 Å². The molecule has 0 radical (unpaired) electrons. The molecule has 28 heavy (non-hydrogen) atoms. The first-order valence-corrected chi connectivity index (χ1v) is 10.4. The fourth-order valence-corrected chi connectivity index (χ4v) is 3.56. The maximum Gasteiger partial charge on any atom is 0.325 e. The van der Waals surface area contributed by atoms with Crippen molar-refractivity contribution in [2.45, 2.75) is 96.1 Å². The van der Waals surface area contributed by atoms with Crippen molar-refractivity contribution in [3.63, 3.8) is 0 Å². The van der Waals surface area contributed by atoms with E-state index in [-0.39, 0.29) is 12.3 Å². The van der Waals surface area contributed by atoms with Gasteiger partial charge in [0, 0.05) is 26.2 Å². The van der Waals surface area contributed by atoms with Gasteiger partial charge in [0.05, 0.1) is 25.9 Å². The number of carbonyl (C=O) groups is 1. The largest absolute Gasteiger partial charge is 0.468 e. The highest BCUT2D eigenvalue weighted by atomic mass is 16.7. The molecule has 0 amide bonds. The minimum absolute atomic E-state index is 0.00609. The molecule has 1 unspecified atom stereocenters. The zero-order valence-corrected chi connectivity index (χ0v) is 18.0. The van der Waals surface area contributed by atoms with Crippen LogP contribution in [0, 0.1) is 11.3 Å². The smallest absolute Gasteiger partial charge is 0.325 e. The van der Waals surface area contributed by atoms with Crippen molar-refractivity contribution in [2.24, 2.45) is 0 Å². The molecule has 1 saturated heterocycles. The van der Waals surface area contributed by atoms with Crippen LogP contribution in [0.3, 0.4) is 0 Å². The molecular formula is C21H38N2O5. The van der Waals surface area contributed by atoms with Gasteiger partial charge in [-0.05, 0) is 65.2 Å². The fourth-order valence-electron chi connectivity index (χ4n) is 3.56. The van der Waals surface area contributed by atoms with Crippen LogP contribution in [0.5, 0.6) is 0 Å². The van der Waals surface area contributed by atoms with Gasteiger partial charge in [-0.3, -0.25) is 10.1 Å². The molecule has 0 spiro atoms. The van der Waals surface area contributed by atoms with Crippen LogP contribution >= 0.6 is 0 Å². The van der Waals surface area contributed by atoms with Crippen molar-refractivity contribution in [1.82, 2.24) is 5.32 Å². The van der Waals surface area contributed by atoms with E-state index in [4.69, 9.17) is 24.2 Å². The van der Waals surface area contributed by atoms with E-state index < -0.39 is 5.54 Å². The maximum absolute atomic E-state index is 11.8. The number of methoxy groups -OCH3 is 1. The Kier molecular flexibility index (Phi) is 12.3. The van der Waals surface area contributed by atoms with Crippen molar-refractivity contribution in [3.8, 4) is 6.07 Å². The van der Waals surface area contributed by atoms with Crippen molar-refractivity contribution in [3.05, 3.63) is 0 Å². The average Bonchev–Trinajstić information content (AvgIpc) is 2.69. The van der Waals surface area contributed by atoms with E-state index in [9.17, 15) is 4.79 Å². The molecule has 1 heterocycles. The number of ether oxygens (including phenoxy) is 4. The average molecular weight is 399 g/mol. The van der Waals surface area contributed by atoms with Crippen LogP contribution in [0.25, 0.3) is 0 Å². The Morgan fingerprint density at radius 2 is 1.79 bits per heavy atom. The summed E-state index contributed by atoms with van der Waals surface area (Å²) in [4.78, 5) is 11.8.